The van der Waals surface area contributed by atoms with Gasteiger partial charge in [0.1, 0.15) is 17.3 Å². The summed E-state index contributed by atoms with van der Waals surface area (Å²) < 4.78 is 19.8. The van der Waals surface area contributed by atoms with Gasteiger partial charge in [-0.1, -0.05) is 6.07 Å². The minimum absolute atomic E-state index is 0.0473. The zero-order valence-corrected chi connectivity index (χ0v) is 16.2. The van der Waals surface area contributed by atoms with Crippen molar-refractivity contribution in [1.29, 1.82) is 0 Å². The van der Waals surface area contributed by atoms with Gasteiger partial charge in [-0.2, -0.15) is 0 Å². The minimum Gasteiger partial charge on any atom is -0.481 e. The van der Waals surface area contributed by atoms with E-state index in [2.05, 4.69) is 15.0 Å². The Bertz CT molecular complexity index is 966. The first kappa shape index (κ1) is 19.0. The first-order valence-electron chi connectivity index (χ1n) is 9.56. The zero-order valence-electron chi connectivity index (χ0n) is 16.2. The molecular formula is C21H22FN5O2. The summed E-state index contributed by atoms with van der Waals surface area (Å²) in [6, 6.07) is 9.14. The summed E-state index contributed by atoms with van der Waals surface area (Å²) >= 11 is 0. The molecule has 0 N–H and O–H groups in total. The molecule has 150 valence electrons. The molecule has 0 aromatic carbocycles. The second kappa shape index (κ2) is 8.38. The fraction of sp³-hybridized carbons (Fsp3) is 0.333. The fourth-order valence-electron chi connectivity index (χ4n) is 3.44. The average Bonchev–Trinajstić information content (AvgIpc) is 3.25. The Morgan fingerprint density at radius 3 is 2.66 bits per heavy atom. The van der Waals surface area contributed by atoms with Crippen molar-refractivity contribution in [2.24, 2.45) is 5.92 Å². The third-order valence-corrected chi connectivity index (χ3v) is 5.14. The molecule has 3 aromatic heterocycles. The lowest BCUT2D eigenvalue weighted by Crippen LogP contribution is -2.39. The van der Waals surface area contributed by atoms with Crippen molar-refractivity contribution < 1.29 is 13.9 Å². The van der Waals surface area contributed by atoms with E-state index in [1.807, 2.05) is 24.3 Å². The molecule has 0 radical (unpaired) electrons. The van der Waals surface area contributed by atoms with Crippen molar-refractivity contribution in [3.63, 3.8) is 0 Å². The van der Waals surface area contributed by atoms with E-state index in [0.717, 1.165) is 5.56 Å². The van der Waals surface area contributed by atoms with Crippen molar-refractivity contribution in [2.45, 2.75) is 12.8 Å². The summed E-state index contributed by atoms with van der Waals surface area (Å²) in [7, 11) is 1.56. The normalized spacial score (nSPS) is 14.8. The first-order valence-corrected chi connectivity index (χ1v) is 9.56. The Balaban J connectivity index is 1.68. The second-order valence-corrected chi connectivity index (χ2v) is 6.99. The van der Waals surface area contributed by atoms with Gasteiger partial charge in [0.25, 0.3) is 5.91 Å². The summed E-state index contributed by atoms with van der Waals surface area (Å²) in [6.45, 7) is 0.761. The zero-order chi connectivity index (χ0) is 20.2. The van der Waals surface area contributed by atoms with E-state index in [4.69, 9.17) is 4.74 Å². The lowest BCUT2D eigenvalue weighted by molar-refractivity contribution is 0.0672. The monoisotopic (exact) mass is 395 g/mol. The lowest BCUT2D eigenvalue weighted by Gasteiger charge is -2.30. The molecule has 7 nitrogen and oxygen atoms in total. The van der Waals surface area contributed by atoms with E-state index in [0.29, 0.717) is 49.1 Å². The average molecular weight is 395 g/mol. The van der Waals surface area contributed by atoms with Gasteiger partial charge in [-0.05, 0) is 37.0 Å². The highest BCUT2D eigenvalue weighted by Gasteiger charge is 2.26. The Labute approximate surface area is 168 Å². The van der Waals surface area contributed by atoms with E-state index in [-0.39, 0.29) is 18.5 Å². The van der Waals surface area contributed by atoms with Gasteiger partial charge in [0.15, 0.2) is 0 Å². The smallest absolute Gasteiger partial charge is 0.274 e. The topological polar surface area (TPSA) is 73.1 Å². The van der Waals surface area contributed by atoms with Crippen LogP contribution < -0.4 is 4.74 Å². The SMILES string of the molecule is COc1ccc(-c2nc(C(=O)N3CCC(CF)CC3)cn2-c2ccccn2)cn1. The van der Waals surface area contributed by atoms with Crippen LogP contribution in [0.15, 0.2) is 48.9 Å². The molecule has 1 fully saturated rings. The molecule has 0 aliphatic carbocycles. The third kappa shape index (κ3) is 3.96. The van der Waals surface area contributed by atoms with Gasteiger partial charge in [0, 0.05) is 43.3 Å². The highest BCUT2D eigenvalue weighted by molar-refractivity contribution is 5.93. The molecule has 0 spiro atoms. The number of rotatable bonds is 5. The van der Waals surface area contributed by atoms with Gasteiger partial charge >= 0.3 is 0 Å². The van der Waals surface area contributed by atoms with Crippen LogP contribution in [0.5, 0.6) is 5.88 Å². The van der Waals surface area contributed by atoms with Gasteiger partial charge in [-0.15, -0.1) is 0 Å². The highest BCUT2D eigenvalue weighted by Crippen LogP contribution is 2.25. The molecule has 1 aliphatic heterocycles. The number of carbonyl (C=O) groups excluding carboxylic acids is 1. The number of nitrogens with zero attached hydrogens (tertiary/aromatic N) is 5. The lowest BCUT2D eigenvalue weighted by atomic mass is 9.98. The maximum absolute atomic E-state index is 13.0. The Morgan fingerprint density at radius 2 is 2.03 bits per heavy atom. The molecule has 4 rings (SSSR count). The molecule has 29 heavy (non-hydrogen) atoms. The number of likely N-dealkylation sites (tertiary alicyclic amines) is 1. The summed E-state index contributed by atoms with van der Waals surface area (Å²) in [6.07, 6.45) is 6.40. The summed E-state index contributed by atoms with van der Waals surface area (Å²) in [4.78, 5) is 28.0. The molecular weight excluding hydrogens is 373 g/mol. The van der Waals surface area contributed by atoms with Gasteiger partial charge in [0.2, 0.25) is 5.88 Å². The van der Waals surface area contributed by atoms with Crippen molar-refractivity contribution in [3.8, 4) is 23.1 Å². The molecule has 0 saturated carbocycles. The van der Waals surface area contributed by atoms with Crippen LogP contribution in [0.4, 0.5) is 4.39 Å². The summed E-state index contributed by atoms with van der Waals surface area (Å²) in [5.74, 6) is 1.62. The molecule has 0 unspecified atom stereocenters. The van der Waals surface area contributed by atoms with E-state index < -0.39 is 0 Å². The molecule has 0 atom stereocenters. The Kier molecular flexibility index (Phi) is 5.50. The molecule has 3 aromatic rings. The van der Waals surface area contributed by atoms with Crippen molar-refractivity contribution in [2.75, 3.05) is 26.9 Å². The molecule has 1 amide bonds. The number of alkyl halides is 1. The number of amides is 1. The standard InChI is InChI=1S/C21H22FN5O2/c1-29-19-6-5-16(13-24-19)20-25-17(14-27(20)18-4-2-3-9-23-18)21(28)26-10-7-15(12-22)8-11-26/h2-6,9,13-15H,7-8,10-12H2,1H3. The molecule has 1 saturated heterocycles. The van der Waals surface area contributed by atoms with Crippen LogP contribution in [-0.4, -0.2) is 57.2 Å². The van der Waals surface area contributed by atoms with E-state index >= 15 is 0 Å². The Hall–Kier alpha value is -3.29. The summed E-state index contributed by atoms with van der Waals surface area (Å²) in [5.41, 5.74) is 1.08. The van der Waals surface area contributed by atoms with Gasteiger partial charge in [-0.3, -0.25) is 13.8 Å². The van der Waals surface area contributed by atoms with E-state index in [9.17, 15) is 9.18 Å². The minimum atomic E-state index is -0.328. The Morgan fingerprint density at radius 1 is 1.21 bits per heavy atom. The maximum atomic E-state index is 13.0. The number of aromatic nitrogens is 4. The largest absolute Gasteiger partial charge is 0.481 e. The number of hydrogen-bond donors (Lipinski definition) is 0. The van der Waals surface area contributed by atoms with Crippen molar-refractivity contribution in [1.82, 2.24) is 24.4 Å². The molecule has 1 aliphatic rings. The number of imidazole rings is 1. The number of piperidine rings is 1. The third-order valence-electron chi connectivity index (χ3n) is 5.14. The van der Waals surface area contributed by atoms with E-state index in [1.54, 1.807) is 41.2 Å². The number of methoxy groups -OCH3 is 1. The maximum Gasteiger partial charge on any atom is 0.274 e. The predicted molar refractivity (Wildman–Crippen MR) is 106 cm³/mol. The van der Waals surface area contributed by atoms with Gasteiger partial charge < -0.3 is 9.64 Å². The second-order valence-electron chi connectivity index (χ2n) is 6.99. The summed E-state index contributed by atoms with van der Waals surface area (Å²) in [5, 5.41) is 0. The van der Waals surface area contributed by atoms with Gasteiger partial charge in [0.05, 0.1) is 13.8 Å². The molecule has 0 bridgehead atoms. The van der Waals surface area contributed by atoms with Crippen LogP contribution in [-0.2, 0) is 0 Å². The van der Waals surface area contributed by atoms with Crippen molar-refractivity contribution in [3.05, 3.63) is 54.6 Å². The van der Waals surface area contributed by atoms with Gasteiger partial charge in [-0.25, -0.2) is 15.0 Å². The van der Waals surface area contributed by atoms with Crippen LogP contribution in [0, 0.1) is 5.92 Å². The van der Waals surface area contributed by atoms with Crippen LogP contribution in [0.25, 0.3) is 17.2 Å². The first-order chi connectivity index (χ1) is 14.2. The van der Waals surface area contributed by atoms with Crippen LogP contribution >= 0.6 is 0 Å². The van der Waals surface area contributed by atoms with E-state index in [1.165, 1.54) is 0 Å². The molecule has 4 heterocycles. The quantitative estimate of drug-likeness (QED) is 0.664. The predicted octanol–water partition coefficient (Wildman–Crippen LogP) is 3.16. The molecule has 8 heteroatoms. The van der Waals surface area contributed by atoms with Crippen LogP contribution in [0.3, 0.4) is 0 Å². The fourth-order valence-corrected chi connectivity index (χ4v) is 3.44. The van der Waals surface area contributed by atoms with Crippen molar-refractivity contribution >= 4 is 5.91 Å². The van der Waals surface area contributed by atoms with Crippen LogP contribution in [0.1, 0.15) is 23.3 Å². The highest BCUT2D eigenvalue weighted by atomic mass is 19.1. The number of pyridine rings is 2. The number of ether oxygens (including phenoxy) is 1. The number of carbonyl (C=O) groups is 1. The number of halogens is 1. The van der Waals surface area contributed by atoms with Crippen LogP contribution in [0.2, 0.25) is 0 Å². The number of hydrogen-bond acceptors (Lipinski definition) is 5.